The smallest absolute Gasteiger partial charge is 0.196 e. The number of nitrogen functional groups attached to an aromatic ring is 1. The van der Waals surface area contributed by atoms with Crippen molar-refractivity contribution in [2.24, 2.45) is 17.8 Å². The van der Waals surface area contributed by atoms with Gasteiger partial charge >= 0.3 is 0 Å². The van der Waals surface area contributed by atoms with E-state index in [4.69, 9.17) is 28.9 Å². The Morgan fingerprint density at radius 1 is 0.903 bits per heavy atom. The third-order valence-electron chi connectivity index (χ3n) is 7.19. The van der Waals surface area contributed by atoms with Gasteiger partial charge in [0, 0.05) is 15.6 Å². The largest absolute Gasteiger partial charge is 0.390 e. The van der Waals surface area contributed by atoms with Crippen LogP contribution in [0.3, 0.4) is 0 Å². The number of rotatable bonds is 5. The number of nitrogens with two attached hydrogens (primary N) is 1. The first-order valence-corrected chi connectivity index (χ1v) is 12.5. The number of carbonyl (C=O) groups excluding carboxylic acids is 1. The SMILES string of the molecule is Nc1scc(CC2CC3CC(c4ccc(Cl)cc4)CC3C2)c1C(=O)c1ccc(Cl)cc1. The number of hydrogen-bond donors (Lipinski definition) is 1. The van der Waals surface area contributed by atoms with Crippen molar-refractivity contribution in [3.63, 3.8) is 0 Å². The zero-order valence-corrected chi connectivity index (χ0v) is 19.5. The van der Waals surface area contributed by atoms with Crippen molar-refractivity contribution in [1.29, 1.82) is 0 Å². The van der Waals surface area contributed by atoms with Gasteiger partial charge in [0.2, 0.25) is 0 Å². The highest BCUT2D eigenvalue weighted by molar-refractivity contribution is 7.14. The quantitative estimate of drug-likeness (QED) is 0.390. The predicted molar refractivity (Wildman–Crippen MR) is 130 cm³/mol. The first kappa shape index (κ1) is 21.1. The average Bonchev–Trinajstić information content (AvgIpc) is 3.42. The highest BCUT2D eigenvalue weighted by Crippen LogP contribution is 2.53. The summed E-state index contributed by atoms with van der Waals surface area (Å²) in [6, 6.07) is 15.5. The molecule has 0 saturated heterocycles. The van der Waals surface area contributed by atoms with Crippen molar-refractivity contribution in [3.05, 3.63) is 86.2 Å². The van der Waals surface area contributed by atoms with Crippen molar-refractivity contribution in [1.82, 2.24) is 0 Å². The molecule has 1 heterocycles. The van der Waals surface area contributed by atoms with Crippen LogP contribution < -0.4 is 5.73 Å². The van der Waals surface area contributed by atoms with Crippen LogP contribution in [0.5, 0.6) is 0 Å². The molecule has 3 aromatic rings. The van der Waals surface area contributed by atoms with Gasteiger partial charge in [0.05, 0.1) is 10.6 Å². The average molecular weight is 470 g/mol. The monoisotopic (exact) mass is 469 g/mol. The van der Waals surface area contributed by atoms with Crippen LogP contribution in [0.25, 0.3) is 0 Å². The molecule has 0 bridgehead atoms. The molecule has 2 N–H and O–H groups in total. The third kappa shape index (κ3) is 4.28. The van der Waals surface area contributed by atoms with E-state index in [9.17, 15) is 4.79 Å². The number of halogens is 2. The molecule has 0 amide bonds. The van der Waals surface area contributed by atoms with Gasteiger partial charge in [-0.3, -0.25) is 4.79 Å². The first-order chi connectivity index (χ1) is 15.0. The molecule has 2 aromatic carbocycles. The van der Waals surface area contributed by atoms with Crippen molar-refractivity contribution < 1.29 is 4.79 Å². The lowest BCUT2D eigenvalue weighted by molar-refractivity contribution is 0.103. The standard InChI is InChI=1S/C26H25Cl2NOS/c27-22-5-1-16(2-6-22)20-12-18-9-15(10-19(18)13-20)11-21-14-31-26(29)24(21)25(30)17-3-7-23(28)8-4-17/h1-8,14-15,18-20H,9-13,29H2. The van der Waals surface area contributed by atoms with Gasteiger partial charge in [-0.1, -0.05) is 35.3 Å². The van der Waals surface area contributed by atoms with Crippen LogP contribution in [0, 0.1) is 17.8 Å². The van der Waals surface area contributed by atoms with E-state index >= 15 is 0 Å². The number of hydrogen-bond acceptors (Lipinski definition) is 3. The minimum Gasteiger partial charge on any atom is -0.390 e. The predicted octanol–water partition coefficient (Wildman–Crippen LogP) is 7.63. The molecular weight excluding hydrogens is 445 g/mol. The zero-order valence-electron chi connectivity index (χ0n) is 17.2. The summed E-state index contributed by atoms with van der Waals surface area (Å²) in [5.74, 6) is 2.87. The van der Waals surface area contributed by atoms with Crippen LogP contribution in [-0.2, 0) is 6.42 Å². The fourth-order valence-corrected chi connectivity index (χ4v) is 6.87. The van der Waals surface area contributed by atoms with E-state index in [1.807, 2.05) is 12.1 Å². The van der Waals surface area contributed by atoms with Gasteiger partial charge < -0.3 is 5.73 Å². The maximum atomic E-state index is 13.1. The molecule has 2 fully saturated rings. The molecule has 5 rings (SSSR count). The van der Waals surface area contributed by atoms with Crippen LogP contribution >= 0.6 is 34.5 Å². The fraction of sp³-hybridized carbons (Fsp3) is 0.346. The van der Waals surface area contributed by atoms with E-state index in [1.165, 1.54) is 42.6 Å². The fourth-order valence-electron chi connectivity index (χ4n) is 5.79. The Balaban J connectivity index is 1.26. The highest BCUT2D eigenvalue weighted by Gasteiger charge is 2.42. The van der Waals surface area contributed by atoms with E-state index in [0.717, 1.165) is 28.8 Å². The summed E-state index contributed by atoms with van der Waals surface area (Å²) in [5, 5.41) is 4.14. The summed E-state index contributed by atoms with van der Waals surface area (Å²) in [6.45, 7) is 0. The normalized spacial score (nSPS) is 25.0. The molecule has 160 valence electrons. The van der Waals surface area contributed by atoms with Crippen LogP contribution in [-0.4, -0.2) is 5.78 Å². The van der Waals surface area contributed by atoms with E-state index in [-0.39, 0.29) is 5.78 Å². The lowest BCUT2D eigenvalue weighted by atomic mass is 9.89. The summed E-state index contributed by atoms with van der Waals surface area (Å²) < 4.78 is 0. The number of benzene rings is 2. The summed E-state index contributed by atoms with van der Waals surface area (Å²) in [7, 11) is 0. The Kier molecular flexibility index (Phi) is 5.85. The Morgan fingerprint density at radius 3 is 2.10 bits per heavy atom. The molecule has 2 unspecified atom stereocenters. The van der Waals surface area contributed by atoms with Crippen molar-refractivity contribution >= 4 is 45.3 Å². The molecule has 2 atom stereocenters. The first-order valence-electron chi connectivity index (χ1n) is 10.9. The van der Waals surface area contributed by atoms with Crippen LogP contribution in [0.15, 0.2) is 53.9 Å². The molecule has 2 aliphatic carbocycles. The number of carbonyl (C=O) groups is 1. The third-order valence-corrected chi connectivity index (χ3v) is 8.56. The number of thiophene rings is 1. The van der Waals surface area contributed by atoms with Crippen molar-refractivity contribution in [2.75, 3.05) is 5.73 Å². The van der Waals surface area contributed by atoms with Crippen LogP contribution in [0.2, 0.25) is 10.0 Å². The molecule has 0 aliphatic heterocycles. The molecule has 0 radical (unpaired) electrons. The zero-order chi connectivity index (χ0) is 21.5. The van der Waals surface area contributed by atoms with Crippen molar-refractivity contribution in [3.8, 4) is 0 Å². The Labute approximate surface area is 197 Å². The molecular formula is C26H25Cl2NOS. The van der Waals surface area contributed by atoms with Gasteiger partial charge in [0.25, 0.3) is 0 Å². The summed E-state index contributed by atoms with van der Waals surface area (Å²) in [4.78, 5) is 13.1. The molecule has 2 saturated carbocycles. The topological polar surface area (TPSA) is 43.1 Å². The Hall–Kier alpha value is -1.81. The summed E-state index contributed by atoms with van der Waals surface area (Å²) >= 11 is 13.5. The number of ketones is 1. The number of anilines is 1. The molecule has 1 aromatic heterocycles. The van der Waals surface area contributed by atoms with Gasteiger partial charge in [-0.15, -0.1) is 11.3 Å². The highest BCUT2D eigenvalue weighted by atomic mass is 35.5. The molecule has 31 heavy (non-hydrogen) atoms. The minimum absolute atomic E-state index is 0.00594. The van der Waals surface area contributed by atoms with E-state index in [2.05, 4.69) is 17.5 Å². The molecule has 2 nitrogen and oxygen atoms in total. The van der Waals surface area contributed by atoms with Gasteiger partial charge in [0.1, 0.15) is 0 Å². The molecule has 2 aliphatic rings. The minimum atomic E-state index is 0.00594. The van der Waals surface area contributed by atoms with Gasteiger partial charge in [0.15, 0.2) is 5.78 Å². The van der Waals surface area contributed by atoms with Crippen molar-refractivity contribution in [2.45, 2.75) is 38.0 Å². The lowest BCUT2D eigenvalue weighted by Gasteiger charge is -2.16. The molecule has 0 spiro atoms. The van der Waals surface area contributed by atoms with E-state index in [1.54, 1.807) is 24.3 Å². The Morgan fingerprint density at radius 2 is 1.48 bits per heavy atom. The second-order valence-corrected chi connectivity index (χ2v) is 10.9. The van der Waals surface area contributed by atoms with Crippen LogP contribution in [0.4, 0.5) is 5.00 Å². The summed E-state index contributed by atoms with van der Waals surface area (Å²) in [6.07, 6.45) is 5.98. The van der Waals surface area contributed by atoms with Crippen LogP contribution in [0.1, 0.15) is 58.6 Å². The molecule has 5 heteroatoms. The van der Waals surface area contributed by atoms with Gasteiger partial charge in [-0.05, 0) is 109 Å². The van der Waals surface area contributed by atoms with Gasteiger partial charge in [-0.2, -0.15) is 0 Å². The second-order valence-electron chi connectivity index (χ2n) is 9.12. The number of fused-ring (bicyclic) bond motifs is 1. The van der Waals surface area contributed by atoms with Gasteiger partial charge in [-0.25, -0.2) is 0 Å². The van der Waals surface area contributed by atoms with E-state index in [0.29, 0.717) is 33.0 Å². The van der Waals surface area contributed by atoms with E-state index < -0.39 is 0 Å². The lowest BCUT2D eigenvalue weighted by Crippen LogP contribution is -2.09. The maximum Gasteiger partial charge on any atom is 0.196 e. The maximum absolute atomic E-state index is 13.1. The summed E-state index contributed by atoms with van der Waals surface area (Å²) in [5.41, 5.74) is 10.1. The Bertz CT molecular complexity index is 1080. The second kappa shape index (κ2) is 8.61.